The Hall–Kier alpha value is -1.15. The third-order valence-electron chi connectivity index (χ3n) is 2.78. The van der Waals surface area contributed by atoms with Gasteiger partial charge in [-0.25, -0.2) is 0 Å². The molecular formula is C12H16N2. The lowest BCUT2D eigenvalue weighted by molar-refractivity contribution is 0.655. The van der Waals surface area contributed by atoms with Crippen molar-refractivity contribution < 1.29 is 0 Å². The van der Waals surface area contributed by atoms with E-state index in [0.29, 0.717) is 6.04 Å². The maximum atomic E-state index is 4.04. The Morgan fingerprint density at radius 2 is 2.14 bits per heavy atom. The molecule has 1 aliphatic rings. The molecule has 0 saturated carbocycles. The lowest BCUT2D eigenvalue weighted by Crippen LogP contribution is -2.17. The van der Waals surface area contributed by atoms with Gasteiger partial charge in [0.2, 0.25) is 0 Å². The number of hydrogen-bond donors (Lipinski definition) is 1. The third-order valence-corrected chi connectivity index (χ3v) is 2.78. The second kappa shape index (κ2) is 4.38. The second-order valence-electron chi connectivity index (χ2n) is 3.67. The first-order chi connectivity index (χ1) is 6.92. The minimum Gasteiger partial charge on any atom is -0.310 e. The summed E-state index contributed by atoms with van der Waals surface area (Å²) in [5, 5.41) is 3.36. The Balaban J connectivity index is 2.21. The van der Waals surface area contributed by atoms with Crippen LogP contribution < -0.4 is 5.32 Å². The van der Waals surface area contributed by atoms with Crippen molar-refractivity contribution in [2.45, 2.75) is 25.3 Å². The Labute approximate surface area is 85.1 Å². The first kappa shape index (κ1) is 9.41. The van der Waals surface area contributed by atoms with Crippen molar-refractivity contribution in [1.82, 2.24) is 10.3 Å². The number of likely N-dealkylation sites (N-methyl/N-ethyl adjacent to an activating group) is 1. The number of hydrogen-bond acceptors (Lipinski definition) is 2. The van der Waals surface area contributed by atoms with Crippen molar-refractivity contribution >= 4 is 0 Å². The van der Waals surface area contributed by atoms with Gasteiger partial charge in [0.1, 0.15) is 0 Å². The predicted molar refractivity (Wildman–Crippen MR) is 58.0 cm³/mol. The molecule has 1 atom stereocenters. The Bertz CT molecular complexity index is 316. The van der Waals surface area contributed by atoms with Crippen LogP contribution in [0.1, 0.15) is 30.9 Å². The van der Waals surface area contributed by atoms with E-state index in [2.05, 4.69) is 28.5 Å². The molecule has 0 bridgehead atoms. The summed E-state index contributed by atoms with van der Waals surface area (Å²) in [4.78, 5) is 4.04. The number of allylic oxidation sites excluding steroid dienone is 1. The van der Waals surface area contributed by atoms with E-state index in [1.807, 2.05) is 19.4 Å². The smallest absolute Gasteiger partial charge is 0.0534 e. The van der Waals surface area contributed by atoms with Crippen molar-refractivity contribution in [2.75, 3.05) is 7.05 Å². The molecule has 0 saturated heterocycles. The van der Waals surface area contributed by atoms with E-state index in [1.54, 1.807) is 0 Å². The van der Waals surface area contributed by atoms with Gasteiger partial charge in [0.25, 0.3) is 0 Å². The van der Waals surface area contributed by atoms with Crippen LogP contribution in [0.3, 0.4) is 0 Å². The van der Waals surface area contributed by atoms with Crippen molar-refractivity contribution in [3.63, 3.8) is 0 Å². The average Bonchev–Trinajstić information content (AvgIpc) is 2.74. The topological polar surface area (TPSA) is 24.9 Å². The highest BCUT2D eigenvalue weighted by atomic mass is 14.9. The van der Waals surface area contributed by atoms with Crippen LogP contribution in [-0.2, 0) is 0 Å². The van der Waals surface area contributed by atoms with Gasteiger partial charge in [-0.1, -0.05) is 11.6 Å². The van der Waals surface area contributed by atoms with Crippen LogP contribution in [0.4, 0.5) is 0 Å². The zero-order valence-electron chi connectivity index (χ0n) is 8.53. The van der Waals surface area contributed by atoms with Crippen LogP contribution in [0.25, 0.3) is 0 Å². The summed E-state index contributed by atoms with van der Waals surface area (Å²) >= 11 is 0. The van der Waals surface area contributed by atoms with Gasteiger partial charge in [-0.05, 0) is 44.0 Å². The Morgan fingerprint density at radius 1 is 1.36 bits per heavy atom. The van der Waals surface area contributed by atoms with E-state index in [0.717, 1.165) is 0 Å². The highest BCUT2D eigenvalue weighted by Crippen LogP contribution is 2.29. The fourth-order valence-electron chi connectivity index (χ4n) is 2.08. The number of pyridine rings is 1. The molecule has 2 nitrogen and oxygen atoms in total. The zero-order valence-corrected chi connectivity index (χ0v) is 8.53. The van der Waals surface area contributed by atoms with Gasteiger partial charge in [-0.15, -0.1) is 0 Å². The second-order valence-corrected chi connectivity index (χ2v) is 3.67. The summed E-state index contributed by atoms with van der Waals surface area (Å²) in [5.41, 5.74) is 2.84. The van der Waals surface area contributed by atoms with Crippen molar-refractivity contribution in [3.8, 4) is 0 Å². The lowest BCUT2D eigenvalue weighted by Gasteiger charge is -2.17. The molecule has 0 aromatic carbocycles. The highest BCUT2D eigenvalue weighted by molar-refractivity contribution is 5.27. The van der Waals surface area contributed by atoms with Gasteiger partial charge in [0, 0.05) is 12.4 Å². The number of nitrogens with zero attached hydrogens (tertiary/aromatic N) is 1. The summed E-state index contributed by atoms with van der Waals surface area (Å²) in [6.07, 6.45) is 9.84. The molecule has 0 aliphatic heterocycles. The van der Waals surface area contributed by atoms with E-state index in [1.165, 1.54) is 30.4 Å². The Kier molecular flexibility index (Phi) is 2.94. The quantitative estimate of drug-likeness (QED) is 0.737. The molecule has 1 aliphatic carbocycles. The first-order valence-electron chi connectivity index (χ1n) is 5.18. The van der Waals surface area contributed by atoms with Crippen LogP contribution in [0.15, 0.2) is 36.2 Å². The van der Waals surface area contributed by atoms with Crippen molar-refractivity contribution in [1.29, 1.82) is 0 Å². The van der Waals surface area contributed by atoms with Gasteiger partial charge < -0.3 is 5.32 Å². The molecule has 0 spiro atoms. The van der Waals surface area contributed by atoms with Gasteiger partial charge >= 0.3 is 0 Å². The van der Waals surface area contributed by atoms with Crippen molar-refractivity contribution in [3.05, 3.63) is 41.7 Å². The van der Waals surface area contributed by atoms with Crippen LogP contribution >= 0.6 is 0 Å². The number of aromatic nitrogens is 1. The van der Waals surface area contributed by atoms with Gasteiger partial charge in [-0.2, -0.15) is 0 Å². The first-order valence-corrected chi connectivity index (χ1v) is 5.18. The molecule has 0 radical (unpaired) electrons. The predicted octanol–water partition coefficient (Wildman–Crippen LogP) is 2.45. The van der Waals surface area contributed by atoms with Crippen molar-refractivity contribution in [2.24, 2.45) is 0 Å². The molecule has 2 rings (SSSR count). The SMILES string of the molecule is CNC(C1=CCCC1)c1ccncc1. The van der Waals surface area contributed by atoms with Crippen LogP contribution in [0, 0.1) is 0 Å². The largest absolute Gasteiger partial charge is 0.310 e. The molecule has 1 aromatic heterocycles. The van der Waals surface area contributed by atoms with Crippen LogP contribution in [0.2, 0.25) is 0 Å². The molecule has 1 heterocycles. The highest BCUT2D eigenvalue weighted by Gasteiger charge is 2.16. The molecule has 14 heavy (non-hydrogen) atoms. The molecule has 2 heteroatoms. The summed E-state index contributed by atoms with van der Waals surface area (Å²) < 4.78 is 0. The normalized spacial score (nSPS) is 17.9. The summed E-state index contributed by atoms with van der Waals surface area (Å²) in [6, 6.07) is 4.56. The molecule has 1 unspecified atom stereocenters. The zero-order chi connectivity index (χ0) is 9.80. The van der Waals surface area contributed by atoms with E-state index in [9.17, 15) is 0 Å². The fraction of sp³-hybridized carbons (Fsp3) is 0.417. The molecule has 1 N–H and O–H groups in total. The van der Waals surface area contributed by atoms with E-state index in [-0.39, 0.29) is 0 Å². The van der Waals surface area contributed by atoms with E-state index < -0.39 is 0 Å². The van der Waals surface area contributed by atoms with E-state index >= 15 is 0 Å². The minimum atomic E-state index is 0.389. The summed E-state index contributed by atoms with van der Waals surface area (Å²) in [6.45, 7) is 0. The number of rotatable bonds is 3. The van der Waals surface area contributed by atoms with Gasteiger partial charge in [0.05, 0.1) is 6.04 Å². The number of nitrogens with one attached hydrogen (secondary N) is 1. The molecule has 1 aromatic rings. The molecule has 0 amide bonds. The monoisotopic (exact) mass is 188 g/mol. The maximum absolute atomic E-state index is 4.04. The summed E-state index contributed by atoms with van der Waals surface area (Å²) in [5.74, 6) is 0. The van der Waals surface area contributed by atoms with Gasteiger partial charge in [-0.3, -0.25) is 4.98 Å². The molecule has 74 valence electrons. The Morgan fingerprint density at radius 3 is 2.71 bits per heavy atom. The van der Waals surface area contributed by atoms with E-state index in [4.69, 9.17) is 0 Å². The van der Waals surface area contributed by atoms with Crippen LogP contribution in [-0.4, -0.2) is 12.0 Å². The van der Waals surface area contributed by atoms with Gasteiger partial charge in [0.15, 0.2) is 0 Å². The maximum Gasteiger partial charge on any atom is 0.0534 e. The standard InChI is InChI=1S/C12H16N2/c1-13-12(10-4-2-3-5-10)11-6-8-14-9-7-11/h4,6-9,12-13H,2-3,5H2,1H3. The fourth-order valence-corrected chi connectivity index (χ4v) is 2.08. The third kappa shape index (κ3) is 1.85. The average molecular weight is 188 g/mol. The van der Waals surface area contributed by atoms with Crippen LogP contribution in [0.5, 0.6) is 0 Å². The summed E-state index contributed by atoms with van der Waals surface area (Å²) in [7, 11) is 2.02. The molecule has 0 fully saturated rings. The lowest BCUT2D eigenvalue weighted by atomic mass is 9.99. The minimum absolute atomic E-state index is 0.389. The molecular weight excluding hydrogens is 172 g/mol.